The second kappa shape index (κ2) is 8.39. The fraction of sp³-hybridized carbons (Fsp3) is 0.0952. The van der Waals surface area contributed by atoms with Gasteiger partial charge in [-0.3, -0.25) is 4.79 Å². The molecular formula is C21H12F5N3O2. The number of pyridine rings is 1. The Morgan fingerprint density at radius 3 is 2.45 bits per heavy atom. The van der Waals surface area contributed by atoms with Crippen molar-refractivity contribution in [3.8, 4) is 17.6 Å². The van der Waals surface area contributed by atoms with Crippen LogP contribution in [0.2, 0.25) is 0 Å². The zero-order valence-corrected chi connectivity index (χ0v) is 15.7. The third-order valence-electron chi connectivity index (χ3n) is 4.13. The molecule has 0 aliphatic rings. The number of halogens is 5. The number of aryl methyl sites for hydroxylation is 1. The molecule has 31 heavy (non-hydrogen) atoms. The quantitative estimate of drug-likeness (QED) is 0.544. The number of rotatable bonds is 4. The largest absolute Gasteiger partial charge is 0.456 e. The molecule has 3 aromatic rings. The third kappa shape index (κ3) is 4.78. The summed E-state index contributed by atoms with van der Waals surface area (Å²) in [7, 11) is 0. The maximum atomic E-state index is 14.8. The molecule has 158 valence electrons. The third-order valence-corrected chi connectivity index (χ3v) is 4.13. The second-order valence-corrected chi connectivity index (χ2v) is 6.31. The van der Waals surface area contributed by atoms with Gasteiger partial charge in [0, 0.05) is 11.9 Å². The monoisotopic (exact) mass is 433 g/mol. The fourth-order valence-electron chi connectivity index (χ4n) is 2.68. The summed E-state index contributed by atoms with van der Waals surface area (Å²) in [5.74, 6) is -4.14. The van der Waals surface area contributed by atoms with Crippen LogP contribution in [0.4, 0.5) is 27.6 Å². The molecule has 0 bridgehead atoms. The van der Waals surface area contributed by atoms with E-state index in [1.54, 1.807) is 6.07 Å². The van der Waals surface area contributed by atoms with Crippen molar-refractivity contribution in [1.82, 2.24) is 4.98 Å². The minimum atomic E-state index is -5.06. The first-order chi connectivity index (χ1) is 14.6. The number of hydrogen-bond acceptors (Lipinski definition) is 4. The van der Waals surface area contributed by atoms with Crippen LogP contribution in [0.15, 0.2) is 48.7 Å². The van der Waals surface area contributed by atoms with Gasteiger partial charge < -0.3 is 10.1 Å². The topological polar surface area (TPSA) is 75.0 Å². The molecule has 5 nitrogen and oxygen atoms in total. The van der Waals surface area contributed by atoms with E-state index in [4.69, 9.17) is 10.00 Å². The summed E-state index contributed by atoms with van der Waals surface area (Å²) in [5.41, 5.74) is -2.44. The standard InChI is InChI=1S/C21H12F5N3O2/c1-11-8-12(22)2-4-16(11)31-17-5-3-15(21(24,25)26)19(23)18(17)20(30)29-13-6-7-28-14(9-13)10-27/h2-9H,1H3,(H,28,29,30). The number of alkyl halides is 3. The lowest BCUT2D eigenvalue weighted by Gasteiger charge is -2.17. The number of carbonyl (C=O) groups is 1. The molecule has 0 aliphatic heterocycles. The van der Waals surface area contributed by atoms with Crippen molar-refractivity contribution in [1.29, 1.82) is 5.26 Å². The van der Waals surface area contributed by atoms with Crippen molar-refractivity contribution in [3.63, 3.8) is 0 Å². The SMILES string of the molecule is Cc1cc(F)ccc1Oc1ccc(C(F)(F)F)c(F)c1C(=O)Nc1ccnc(C#N)c1. The fourth-order valence-corrected chi connectivity index (χ4v) is 2.68. The van der Waals surface area contributed by atoms with E-state index in [2.05, 4.69) is 10.3 Å². The van der Waals surface area contributed by atoms with Gasteiger partial charge in [0.1, 0.15) is 34.6 Å². The Labute approximate surface area is 172 Å². The molecule has 0 atom stereocenters. The van der Waals surface area contributed by atoms with E-state index in [9.17, 15) is 26.7 Å². The molecule has 0 saturated heterocycles. The van der Waals surface area contributed by atoms with Crippen LogP contribution >= 0.6 is 0 Å². The Bertz CT molecular complexity index is 1200. The number of ether oxygens (including phenoxy) is 1. The van der Waals surface area contributed by atoms with Crippen molar-refractivity contribution in [2.75, 3.05) is 5.32 Å². The molecule has 0 fully saturated rings. The Morgan fingerprint density at radius 2 is 1.81 bits per heavy atom. The normalized spacial score (nSPS) is 11.0. The van der Waals surface area contributed by atoms with Crippen molar-refractivity contribution in [3.05, 3.63) is 82.7 Å². The minimum absolute atomic E-state index is 0.0114. The zero-order chi connectivity index (χ0) is 22.8. The van der Waals surface area contributed by atoms with Crippen LogP contribution in [-0.2, 0) is 6.18 Å². The van der Waals surface area contributed by atoms with Crippen molar-refractivity contribution in [2.45, 2.75) is 13.1 Å². The molecule has 1 aromatic heterocycles. The number of aromatic nitrogens is 1. The molecule has 1 N–H and O–H groups in total. The van der Waals surface area contributed by atoms with Crippen LogP contribution < -0.4 is 10.1 Å². The van der Waals surface area contributed by atoms with E-state index in [1.807, 2.05) is 0 Å². The van der Waals surface area contributed by atoms with Crippen LogP contribution in [0.1, 0.15) is 27.2 Å². The average Bonchev–Trinajstić information content (AvgIpc) is 2.69. The lowest BCUT2D eigenvalue weighted by atomic mass is 10.1. The molecule has 10 heteroatoms. The summed E-state index contributed by atoms with van der Waals surface area (Å²) in [6, 6.07) is 8.77. The number of hydrogen-bond donors (Lipinski definition) is 1. The molecule has 2 aromatic carbocycles. The van der Waals surface area contributed by atoms with Gasteiger partial charge in [-0.05, 0) is 55.0 Å². The number of nitrogens with one attached hydrogen (secondary N) is 1. The summed E-state index contributed by atoms with van der Waals surface area (Å²) in [4.78, 5) is 16.4. The molecule has 0 aliphatic carbocycles. The first kappa shape index (κ1) is 21.7. The smallest absolute Gasteiger partial charge is 0.419 e. The minimum Gasteiger partial charge on any atom is -0.456 e. The Morgan fingerprint density at radius 1 is 1.10 bits per heavy atom. The van der Waals surface area contributed by atoms with E-state index in [0.29, 0.717) is 6.07 Å². The van der Waals surface area contributed by atoms with Gasteiger partial charge in [-0.1, -0.05) is 0 Å². The van der Waals surface area contributed by atoms with Gasteiger partial charge in [0.15, 0.2) is 5.82 Å². The molecule has 0 unspecified atom stereocenters. The van der Waals surface area contributed by atoms with Gasteiger partial charge in [-0.15, -0.1) is 0 Å². The number of anilines is 1. The maximum absolute atomic E-state index is 14.8. The lowest BCUT2D eigenvalue weighted by Crippen LogP contribution is -2.19. The van der Waals surface area contributed by atoms with E-state index in [0.717, 1.165) is 24.3 Å². The van der Waals surface area contributed by atoms with Crippen molar-refractivity contribution in [2.24, 2.45) is 0 Å². The van der Waals surface area contributed by atoms with Gasteiger partial charge in [-0.25, -0.2) is 13.8 Å². The predicted octanol–water partition coefficient (Wildman–Crippen LogP) is 5.60. The van der Waals surface area contributed by atoms with Crippen LogP contribution in [0.3, 0.4) is 0 Å². The van der Waals surface area contributed by atoms with E-state index in [-0.39, 0.29) is 22.7 Å². The van der Waals surface area contributed by atoms with Gasteiger partial charge in [0.05, 0.1) is 5.56 Å². The molecule has 0 radical (unpaired) electrons. The molecule has 1 heterocycles. The lowest BCUT2D eigenvalue weighted by molar-refractivity contribution is -0.140. The predicted molar refractivity (Wildman–Crippen MR) is 99.5 cm³/mol. The summed E-state index contributed by atoms with van der Waals surface area (Å²) < 4.78 is 73.1. The van der Waals surface area contributed by atoms with Gasteiger partial charge in [0.2, 0.25) is 0 Å². The molecule has 1 amide bonds. The first-order valence-corrected chi connectivity index (χ1v) is 8.61. The zero-order valence-electron chi connectivity index (χ0n) is 15.7. The van der Waals surface area contributed by atoms with Crippen molar-refractivity contribution >= 4 is 11.6 Å². The first-order valence-electron chi connectivity index (χ1n) is 8.61. The van der Waals surface area contributed by atoms with Crippen LogP contribution in [0.25, 0.3) is 0 Å². The number of amides is 1. The highest BCUT2D eigenvalue weighted by atomic mass is 19.4. The Balaban J connectivity index is 2.08. The van der Waals surface area contributed by atoms with Crippen LogP contribution in [-0.4, -0.2) is 10.9 Å². The maximum Gasteiger partial charge on any atom is 0.419 e. The highest BCUT2D eigenvalue weighted by molar-refractivity contribution is 6.06. The number of benzene rings is 2. The average molecular weight is 433 g/mol. The Hall–Kier alpha value is -4.00. The van der Waals surface area contributed by atoms with E-state index >= 15 is 0 Å². The number of carbonyl (C=O) groups excluding carboxylic acids is 1. The van der Waals surface area contributed by atoms with E-state index < -0.39 is 40.6 Å². The number of nitriles is 1. The molecule has 3 rings (SSSR count). The number of nitrogens with zero attached hydrogens (tertiary/aromatic N) is 2. The summed E-state index contributed by atoms with van der Waals surface area (Å²) in [6.45, 7) is 1.47. The van der Waals surface area contributed by atoms with Crippen molar-refractivity contribution < 1.29 is 31.5 Å². The molecular weight excluding hydrogens is 421 g/mol. The molecule has 0 spiro atoms. The second-order valence-electron chi connectivity index (χ2n) is 6.31. The summed E-state index contributed by atoms with van der Waals surface area (Å²) in [6.07, 6.45) is -3.87. The van der Waals surface area contributed by atoms with Gasteiger partial charge in [-0.2, -0.15) is 18.4 Å². The van der Waals surface area contributed by atoms with Crippen LogP contribution in [0.5, 0.6) is 11.5 Å². The van der Waals surface area contributed by atoms with E-state index in [1.165, 1.54) is 25.3 Å². The molecule has 0 saturated carbocycles. The Kier molecular flexibility index (Phi) is 5.88. The van der Waals surface area contributed by atoms with Gasteiger partial charge >= 0.3 is 6.18 Å². The summed E-state index contributed by atoms with van der Waals surface area (Å²) in [5, 5.41) is 11.1. The summed E-state index contributed by atoms with van der Waals surface area (Å²) >= 11 is 0. The highest BCUT2D eigenvalue weighted by Crippen LogP contribution is 2.38. The highest BCUT2D eigenvalue weighted by Gasteiger charge is 2.37. The van der Waals surface area contributed by atoms with Gasteiger partial charge in [0.25, 0.3) is 5.91 Å². The van der Waals surface area contributed by atoms with Crippen LogP contribution in [0, 0.1) is 29.9 Å².